The van der Waals surface area contributed by atoms with Gasteiger partial charge in [-0.15, -0.1) is 6.42 Å². The van der Waals surface area contributed by atoms with Crippen molar-refractivity contribution in [3.8, 4) is 12.3 Å². The molecule has 0 heterocycles. The molecule has 0 aliphatic carbocycles. The number of benzene rings is 2. The predicted octanol–water partition coefficient (Wildman–Crippen LogP) is 2.75. The fraction of sp³-hybridized carbons (Fsp3) is 0.188. The number of carbonyl (C=O) groups is 1. The first-order chi connectivity index (χ1) is 9.22. The SMILES string of the molecule is C#CCN(CCC(=O)O)c1cccc2ccccc12. The minimum absolute atomic E-state index is 0.0743. The lowest BCUT2D eigenvalue weighted by Gasteiger charge is -2.23. The van der Waals surface area contributed by atoms with Gasteiger partial charge in [0.2, 0.25) is 0 Å². The van der Waals surface area contributed by atoms with Crippen molar-refractivity contribution in [2.75, 3.05) is 18.0 Å². The molecule has 2 aromatic rings. The molecule has 3 nitrogen and oxygen atoms in total. The maximum absolute atomic E-state index is 10.7. The molecular formula is C16H15NO2. The van der Waals surface area contributed by atoms with Crippen LogP contribution in [0.15, 0.2) is 42.5 Å². The summed E-state index contributed by atoms with van der Waals surface area (Å²) in [5.74, 6) is 1.77. The second-order valence-corrected chi connectivity index (χ2v) is 4.27. The summed E-state index contributed by atoms with van der Waals surface area (Å²) in [5, 5.41) is 11.0. The molecule has 0 saturated carbocycles. The first-order valence-corrected chi connectivity index (χ1v) is 6.10. The Morgan fingerprint density at radius 2 is 1.95 bits per heavy atom. The van der Waals surface area contributed by atoms with Crippen LogP contribution in [-0.4, -0.2) is 24.2 Å². The molecule has 2 aromatic carbocycles. The van der Waals surface area contributed by atoms with Crippen LogP contribution in [-0.2, 0) is 4.79 Å². The van der Waals surface area contributed by atoms with Gasteiger partial charge in [0.05, 0.1) is 13.0 Å². The Kier molecular flexibility index (Phi) is 4.04. The first-order valence-electron chi connectivity index (χ1n) is 6.10. The Hall–Kier alpha value is -2.47. The number of anilines is 1. The van der Waals surface area contributed by atoms with Crippen LogP contribution in [0.5, 0.6) is 0 Å². The Balaban J connectivity index is 2.38. The summed E-state index contributed by atoms with van der Waals surface area (Å²) in [5.41, 5.74) is 0.984. The number of carboxylic acids is 1. The molecule has 0 aliphatic rings. The number of nitrogens with zero attached hydrogens (tertiary/aromatic N) is 1. The number of carboxylic acid groups (broad SMARTS) is 1. The van der Waals surface area contributed by atoms with E-state index in [0.29, 0.717) is 13.1 Å². The molecule has 96 valence electrons. The molecule has 0 radical (unpaired) electrons. The van der Waals surface area contributed by atoms with E-state index in [0.717, 1.165) is 16.5 Å². The molecule has 2 rings (SSSR count). The van der Waals surface area contributed by atoms with Gasteiger partial charge in [-0.3, -0.25) is 4.79 Å². The minimum atomic E-state index is -0.817. The average Bonchev–Trinajstić information content (AvgIpc) is 2.43. The van der Waals surface area contributed by atoms with Gasteiger partial charge in [-0.05, 0) is 11.5 Å². The zero-order valence-corrected chi connectivity index (χ0v) is 10.5. The number of aliphatic carboxylic acids is 1. The predicted molar refractivity (Wildman–Crippen MR) is 77.2 cm³/mol. The Morgan fingerprint density at radius 3 is 2.68 bits per heavy atom. The van der Waals surface area contributed by atoms with E-state index in [2.05, 4.69) is 5.92 Å². The summed E-state index contributed by atoms with van der Waals surface area (Å²) >= 11 is 0. The van der Waals surface area contributed by atoms with E-state index in [1.165, 1.54) is 0 Å². The molecule has 0 unspecified atom stereocenters. The fourth-order valence-electron chi connectivity index (χ4n) is 2.11. The summed E-state index contributed by atoms with van der Waals surface area (Å²) in [6, 6.07) is 14.0. The van der Waals surface area contributed by atoms with Crippen molar-refractivity contribution in [2.45, 2.75) is 6.42 Å². The van der Waals surface area contributed by atoms with Crippen molar-refractivity contribution >= 4 is 22.4 Å². The van der Waals surface area contributed by atoms with Crippen molar-refractivity contribution in [1.82, 2.24) is 0 Å². The molecule has 19 heavy (non-hydrogen) atoms. The third-order valence-electron chi connectivity index (χ3n) is 2.99. The molecule has 0 fully saturated rings. The minimum Gasteiger partial charge on any atom is -0.481 e. The smallest absolute Gasteiger partial charge is 0.305 e. The van der Waals surface area contributed by atoms with Crippen LogP contribution in [0.2, 0.25) is 0 Å². The quantitative estimate of drug-likeness (QED) is 0.833. The second-order valence-electron chi connectivity index (χ2n) is 4.27. The van der Waals surface area contributed by atoms with Gasteiger partial charge in [0.15, 0.2) is 0 Å². The number of terminal acetylenes is 1. The molecule has 0 amide bonds. The van der Waals surface area contributed by atoms with E-state index in [1.54, 1.807) is 0 Å². The third-order valence-corrected chi connectivity index (χ3v) is 2.99. The molecule has 0 aromatic heterocycles. The monoisotopic (exact) mass is 253 g/mol. The molecule has 0 saturated heterocycles. The van der Waals surface area contributed by atoms with Crippen molar-refractivity contribution in [2.24, 2.45) is 0 Å². The molecule has 3 heteroatoms. The van der Waals surface area contributed by atoms with Gasteiger partial charge in [-0.2, -0.15) is 0 Å². The van der Waals surface area contributed by atoms with Crippen LogP contribution in [0, 0.1) is 12.3 Å². The Bertz CT molecular complexity index is 623. The Morgan fingerprint density at radius 1 is 1.21 bits per heavy atom. The van der Waals surface area contributed by atoms with E-state index < -0.39 is 5.97 Å². The van der Waals surface area contributed by atoms with E-state index in [4.69, 9.17) is 11.5 Å². The maximum Gasteiger partial charge on any atom is 0.305 e. The summed E-state index contributed by atoms with van der Waals surface area (Å²) in [6.45, 7) is 0.814. The van der Waals surface area contributed by atoms with Gasteiger partial charge in [0.25, 0.3) is 0 Å². The highest BCUT2D eigenvalue weighted by molar-refractivity contribution is 5.94. The van der Waals surface area contributed by atoms with Gasteiger partial charge in [-0.25, -0.2) is 0 Å². The van der Waals surface area contributed by atoms with Crippen molar-refractivity contribution in [3.05, 3.63) is 42.5 Å². The van der Waals surface area contributed by atoms with Crippen LogP contribution in [0.25, 0.3) is 10.8 Å². The molecular weight excluding hydrogens is 238 g/mol. The lowest BCUT2D eigenvalue weighted by molar-refractivity contribution is -0.136. The van der Waals surface area contributed by atoms with E-state index in [9.17, 15) is 4.79 Å². The highest BCUT2D eigenvalue weighted by atomic mass is 16.4. The van der Waals surface area contributed by atoms with Crippen LogP contribution in [0.3, 0.4) is 0 Å². The van der Waals surface area contributed by atoms with Crippen molar-refractivity contribution < 1.29 is 9.90 Å². The standard InChI is InChI=1S/C16H15NO2/c1-2-11-17(12-10-16(18)19)15-9-5-7-13-6-3-4-8-14(13)15/h1,3-9H,10-12H2,(H,18,19). The first kappa shape index (κ1) is 13.0. The molecule has 0 atom stereocenters. The lowest BCUT2D eigenvalue weighted by Crippen LogP contribution is -2.26. The number of fused-ring (bicyclic) bond motifs is 1. The Labute approximate surface area is 112 Å². The number of hydrogen-bond acceptors (Lipinski definition) is 2. The van der Waals surface area contributed by atoms with Gasteiger partial charge in [-0.1, -0.05) is 42.3 Å². The van der Waals surface area contributed by atoms with Crippen molar-refractivity contribution in [3.63, 3.8) is 0 Å². The van der Waals surface area contributed by atoms with Crippen LogP contribution >= 0.6 is 0 Å². The summed E-state index contributed by atoms with van der Waals surface area (Å²) in [4.78, 5) is 12.7. The lowest BCUT2D eigenvalue weighted by atomic mass is 10.1. The second kappa shape index (κ2) is 5.92. The number of rotatable bonds is 5. The summed E-state index contributed by atoms with van der Waals surface area (Å²) in [7, 11) is 0. The zero-order chi connectivity index (χ0) is 13.7. The highest BCUT2D eigenvalue weighted by Gasteiger charge is 2.10. The van der Waals surface area contributed by atoms with Crippen LogP contribution < -0.4 is 4.90 Å². The van der Waals surface area contributed by atoms with Crippen LogP contribution in [0.4, 0.5) is 5.69 Å². The maximum atomic E-state index is 10.7. The van der Waals surface area contributed by atoms with Crippen LogP contribution in [0.1, 0.15) is 6.42 Å². The van der Waals surface area contributed by atoms with Gasteiger partial charge in [0.1, 0.15) is 0 Å². The highest BCUT2D eigenvalue weighted by Crippen LogP contribution is 2.26. The van der Waals surface area contributed by atoms with E-state index >= 15 is 0 Å². The summed E-state index contributed by atoms with van der Waals surface area (Å²) < 4.78 is 0. The summed E-state index contributed by atoms with van der Waals surface area (Å²) in [6.07, 6.45) is 5.45. The fourth-order valence-corrected chi connectivity index (χ4v) is 2.11. The van der Waals surface area contributed by atoms with E-state index in [1.807, 2.05) is 47.4 Å². The number of hydrogen-bond donors (Lipinski definition) is 1. The van der Waals surface area contributed by atoms with Crippen molar-refractivity contribution in [1.29, 1.82) is 0 Å². The normalized spacial score (nSPS) is 10.1. The van der Waals surface area contributed by atoms with Gasteiger partial charge < -0.3 is 10.0 Å². The molecule has 0 spiro atoms. The van der Waals surface area contributed by atoms with Gasteiger partial charge in [0, 0.05) is 17.6 Å². The molecule has 1 N–H and O–H groups in total. The largest absolute Gasteiger partial charge is 0.481 e. The average molecular weight is 253 g/mol. The zero-order valence-electron chi connectivity index (χ0n) is 10.5. The molecule has 0 aliphatic heterocycles. The third kappa shape index (κ3) is 3.05. The van der Waals surface area contributed by atoms with Gasteiger partial charge >= 0.3 is 5.97 Å². The molecule has 0 bridgehead atoms. The van der Waals surface area contributed by atoms with E-state index in [-0.39, 0.29) is 6.42 Å². The topological polar surface area (TPSA) is 40.5 Å².